The van der Waals surface area contributed by atoms with Crippen LogP contribution in [0.25, 0.3) is 0 Å². The Morgan fingerprint density at radius 2 is 1.47 bits per heavy atom. The number of hydrogen-bond donors (Lipinski definition) is 7. The summed E-state index contributed by atoms with van der Waals surface area (Å²) in [5.41, 5.74) is -9.07. The van der Waals surface area contributed by atoms with E-state index in [9.17, 15) is 35.7 Å². The average molecular weight is 510 g/mol. The summed E-state index contributed by atoms with van der Waals surface area (Å²) in [6, 6.07) is -0.360. The highest BCUT2D eigenvalue weighted by molar-refractivity contribution is 5.37. The maximum absolute atomic E-state index is 12.7. The molecule has 7 rings (SSSR count). The molecule has 0 aromatic rings. The Labute approximate surface area is 212 Å². The van der Waals surface area contributed by atoms with Crippen LogP contribution in [0.2, 0.25) is 0 Å². The van der Waals surface area contributed by atoms with Gasteiger partial charge >= 0.3 is 0 Å². The zero-order chi connectivity index (χ0) is 25.9. The van der Waals surface area contributed by atoms with Gasteiger partial charge in [0.05, 0.1) is 11.7 Å². The van der Waals surface area contributed by atoms with Gasteiger partial charge in [0.1, 0.15) is 28.5 Å². The van der Waals surface area contributed by atoms with Gasteiger partial charge in [-0.05, 0) is 51.4 Å². The fourth-order valence-electron chi connectivity index (χ4n) is 11.3. The number of fused-ring (bicyclic) bond motifs is 5. The molecule has 9 nitrogen and oxygen atoms in total. The Kier molecular flexibility index (Phi) is 4.57. The molecule has 7 fully saturated rings. The Morgan fingerprint density at radius 3 is 2.19 bits per heavy atom. The van der Waals surface area contributed by atoms with E-state index in [1.54, 1.807) is 6.92 Å². The monoisotopic (exact) mass is 509 g/mol. The number of piperidine rings is 2. The van der Waals surface area contributed by atoms with E-state index < -0.39 is 63.3 Å². The third-order valence-electron chi connectivity index (χ3n) is 13.1. The molecule has 3 heterocycles. The van der Waals surface area contributed by atoms with Crippen LogP contribution in [0.3, 0.4) is 0 Å². The molecule has 0 aromatic carbocycles. The van der Waals surface area contributed by atoms with Gasteiger partial charge in [-0.25, -0.2) is 0 Å². The van der Waals surface area contributed by atoms with E-state index in [0.29, 0.717) is 44.6 Å². The second kappa shape index (κ2) is 6.67. The fourth-order valence-corrected chi connectivity index (χ4v) is 11.3. The number of hydrogen-bond acceptors (Lipinski definition) is 9. The molecule has 36 heavy (non-hydrogen) atoms. The molecule has 3 saturated heterocycles. The maximum Gasteiger partial charge on any atom is 0.196 e. The molecule has 3 aliphatic heterocycles. The topological polar surface area (TPSA) is 154 Å². The van der Waals surface area contributed by atoms with Crippen molar-refractivity contribution in [2.45, 2.75) is 124 Å². The van der Waals surface area contributed by atoms with Crippen LogP contribution in [-0.2, 0) is 4.74 Å². The standard InChI is InChI=1S/C27H43NO8/c1-14-4-7-18-22(3,31)26(34)17(12-28(18)11-14)24(33)13-25-16(23(24,32)10-20(26)30)6-5-15-21(25,2)9-8-19(29)27(15,35)36-25/h14-20,29-35H,4-13H2,1-3H3/t14-,15?,16-,17-,18-,19-,20-,21-,22+,23+,24+,25+,26-,27?/m0/s1. The largest absolute Gasteiger partial charge is 0.390 e. The van der Waals surface area contributed by atoms with E-state index in [1.165, 1.54) is 0 Å². The number of ether oxygens (including phenoxy) is 1. The molecule has 4 aliphatic carbocycles. The lowest BCUT2D eigenvalue weighted by molar-refractivity contribution is -0.354. The lowest BCUT2D eigenvalue weighted by Crippen LogP contribution is -2.85. The van der Waals surface area contributed by atoms with E-state index in [-0.39, 0.29) is 31.3 Å². The molecule has 204 valence electrons. The number of nitrogens with zero attached hydrogens (tertiary/aromatic N) is 1. The minimum atomic E-state index is -2.02. The van der Waals surface area contributed by atoms with Crippen LogP contribution in [0.15, 0.2) is 0 Å². The van der Waals surface area contributed by atoms with E-state index in [1.807, 2.05) is 6.92 Å². The van der Waals surface area contributed by atoms with Crippen LogP contribution < -0.4 is 0 Å². The Bertz CT molecular complexity index is 995. The quantitative estimate of drug-likeness (QED) is 0.228. The minimum Gasteiger partial charge on any atom is -0.390 e. The molecule has 14 atom stereocenters. The zero-order valence-electron chi connectivity index (χ0n) is 21.6. The van der Waals surface area contributed by atoms with E-state index >= 15 is 0 Å². The molecule has 7 N–H and O–H groups in total. The summed E-state index contributed by atoms with van der Waals surface area (Å²) in [4.78, 5) is 2.12. The van der Waals surface area contributed by atoms with Crippen LogP contribution in [0.5, 0.6) is 0 Å². The first-order chi connectivity index (χ1) is 16.6. The van der Waals surface area contributed by atoms with Gasteiger partial charge in [-0.3, -0.25) is 4.90 Å². The molecule has 1 spiro atoms. The van der Waals surface area contributed by atoms with Crippen molar-refractivity contribution in [3.05, 3.63) is 0 Å². The second-order valence-electron chi connectivity index (χ2n) is 14.3. The number of rotatable bonds is 0. The highest BCUT2D eigenvalue weighted by Gasteiger charge is 2.88. The molecule has 4 saturated carbocycles. The van der Waals surface area contributed by atoms with Crippen LogP contribution in [-0.4, -0.2) is 106 Å². The summed E-state index contributed by atoms with van der Waals surface area (Å²) in [6.07, 6.45) is 0.752. The first kappa shape index (κ1) is 24.7. The normalized spacial score (nSPS) is 68.0. The van der Waals surface area contributed by atoms with Gasteiger partial charge in [0, 0.05) is 55.1 Å². The van der Waals surface area contributed by atoms with E-state index in [2.05, 4.69) is 11.8 Å². The van der Waals surface area contributed by atoms with Crippen molar-refractivity contribution < 1.29 is 40.5 Å². The van der Waals surface area contributed by atoms with Crippen molar-refractivity contribution in [3.63, 3.8) is 0 Å². The second-order valence-corrected chi connectivity index (χ2v) is 14.3. The van der Waals surface area contributed by atoms with Crippen LogP contribution >= 0.6 is 0 Å². The lowest BCUT2D eigenvalue weighted by Gasteiger charge is -2.68. The van der Waals surface area contributed by atoms with E-state index in [4.69, 9.17) is 4.74 Å². The Hall–Kier alpha value is -0.360. The van der Waals surface area contributed by atoms with Gasteiger partial charge in [-0.2, -0.15) is 0 Å². The molecule has 0 amide bonds. The summed E-state index contributed by atoms with van der Waals surface area (Å²) < 4.78 is 6.52. The molecule has 0 aromatic heterocycles. The van der Waals surface area contributed by atoms with Crippen molar-refractivity contribution in [3.8, 4) is 0 Å². The van der Waals surface area contributed by atoms with Crippen LogP contribution in [0.1, 0.15) is 72.1 Å². The zero-order valence-corrected chi connectivity index (χ0v) is 21.6. The molecule has 4 bridgehead atoms. The summed E-state index contributed by atoms with van der Waals surface area (Å²) >= 11 is 0. The van der Waals surface area contributed by atoms with Crippen molar-refractivity contribution in [2.24, 2.45) is 29.1 Å². The summed E-state index contributed by atoms with van der Waals surface area (Å²) in [5, 5.41) is 83.2. The summed E-state index contributed by atoms with van der Waals surface area (Å²) in [6.45, 7) is 6.70. The molecule has 2 unspecified atom stereocenters. The first-order valence-electron chi connectivity index (χ1n) is 14.0. The van der Waals surface area contributed by atoms with Crippen molar-refractivity contribution in [2.75, 3.05) is 13.1 Å². The molecular formula is C27H43NO8. The predicted molar refractivity (Wildman–Crippen MR) is 126 cm³/mol. The summed E-state index contributed by atoms with van der Waals surface area (Å²) in [5.74, 6) is -3.30. The lowest BCUT2D eigenvalue weighted by atomic mass is 9.49. The molecule has 9 heteroatoms. The van der Waals surface area contributed by atoms with Gasteiger partial charge in [-0.1, -0.05) is 13.8 Å². The predicted octanol–water partition coefficient (Wildman–Crippen LogP) is -0.526. The van der Waals surface area contributed by atoms with Gasteiger partial charge in [0.2, 0.25) is 0 Å². The molecule has 7 aliphatic rings. The van der Waals surface area contributed by atoms with Crippen molar-refractivity contribution in [1.82, 2.24) is 4.90 Å². The van der Waals surface area contributed by atoms with Crippen molar-refractivity contribution in [1.29, 1.82) is 0 Å². The van der Waals surface area contributed by atoms with Crippen molar-refractivity contribution >= 4 is 0 Å². The fraction of sp³-hybridized carbons (Fsp3) is 1.00. The average Bonchev–Trinajstić information content (AvgIpc) is 2.97. The van der Waals surface area contributed by atoms with Gasteiger partial charge in [0.15, 0.2) is 5.79 Å². The smallest absolute Gasteiger partial charge is 0.196 e. The maximum atomic E-state index is 12.7. The summed E-state index contributed by atoms with van der Waals surface area (Å²) in [7, 11) is 0. The molecular weight excluding hydrogens is 466 g/mol. The van der Waals surface area contributed by atoms with Gasteiger partial charge in [-0.15, -0.1) is 0 Å². The number of aliphatic hydroxyl groups is 7. The first-order valence-corrected chi connectivity index (χ1v) is 14.0. The Balaban J connectivity index is 1.39. The van der Waals surface area contributed by atoms with E-state index in [0.717, 1.165) is 6.42 Å². The van der Waals surface area contributed by atoms with Crippen LogP contribution in [0.4, 0.5) is 0 Å². The minimum absolute atomic E-state index is 0.0208. The Morgan fingerprint density at radius 1 is 0.778 bits per heavy atom. The number of aliphatic hydroxyl groups excluding tert-OH is 2. The highest BCUT2D eigenvalue weighted by Crippen LogP contribution is 2.78. The van der Waals surface area contributed by atoms with Gasteiger partial charge < -0.3 is 40.5 Å². The third-order valence-corrected chi connectivity index (χ3v) is 13.1. The third kappa shape index (κ3) is 2.27. The van der Waals surface area contributed by atoms with Crippen LogP contribution in [0, 0.1) is 29.1 Å². The SMILES string of the molecule is C[C@H]1CC[C@@H]2N(C1)C[C@@H]1[C@](O)([C@@H](O)C[C@@]3(O)[C@@H]4CCC5C6(O)O[C@@]4(C[C@@]13O)[C@@]5(C)CC[C@@H]6O)[C@]2(C)O. The molecule has 0 radical (unpaired) electrons. The van der Waals surface area contributed by atoms with Gasteiger partial charge in [0.25, 0.3) is 0 Å². The highest BCUT2D eigenvalue weighted by atomic mass is 16.7.